The van der Waals surface area contributed by atoms with Crippen LogP contribution in [0.4, 0.5) is 0 Å². The fourth-order valence-corrected chi connectivity index (χ4v) is 4.15. The highest BCUT2D eigenvalue weighted by Crippen LogP contribution is 2.40. The third-order valence-corrected chi connectivity index (χ3v) is 5.61. The van der Waals surface area contributed by atoms with Gasteiger partial charge in [0.25, 0.3) is 0 Å². The van der Waals surface area contributed by atoms with Gasteiger partial charge in [-0.25, -0.2) is 0 Å². The third kappa shape index (κ3) is 5.24. The normalized spacial score (nSPS) is 20.3. The van der Waals surface area contributed by atoms with Crippen LogP contribution in [0.5, 0.6) is 5.75 Å². The van der Waals surface area contributed by atoms with Crippen LogP contribution >= 0.6 is 0 Å². The fraction of sp³-hybridized carbons (Fsp3) is 0.440. The molecule has 3 rings (SSSR count). The van der Waals surface area contributed by atoms with Crippen LogP contribution in [-0.4, -0.2) is 43.4 Å². The molecular formula is C25H33NO2. The van der Waals surface area contributed by atoms with E-state index in [2.05, 4.69) is 80.5 Å². The van der Waals surface area contributed by atoms with E-state index in [1.165, 1.54) is 22.3 Å². The Bertz CT molecular complexity index is 765. The Labute approximate surface area is 169 Å². The van der Waals surface area contributed by atoms with Crippen molar-refractivity contribution in [3.63, 3.8) is 0 Å². The SMILES string of the molecule is CCC(=C(c1ccccc1)c1ccc(OCCN(C)C)cc1)C1CCC(O)C1. The van der Waals surface area contributed by atoms with Gasteiger partial charge >= 0.3 is 0 Å². The van der Waals surface area contributed by atoms with Gasteiger partial charge in [0.1, 0.15) is 12.4 Å². The minimum atomic E-state index is -0.156. The second kappa shape index (κ2) is 9.90. The average molecular weight is 380 g/mol. The van der Waals surface area contributed by atoms with Crippen molar-refractivity contribution in [1.29, 1.82) is 0 Å². The molecule has 1 saturated carbocycles. The van der Waals surface area contributed by atoms with Gasteiger partial charge in [-0.15, -0.1) is 0 Å². The number of ether oxygens (including phenoxy) is 1. The van der Waals surface area contributed by atoms with Crippen LogP contribution in [0.1, 0.15) is 43.7 Å². The largest absolute Gasteiger partial charge is 0.492 e. The molecule has 3 nitrogen and oxygen atoms in total. The monoisotopic (exact) mass is 379 g/mol. The van der Waals surface area contributed by atoms with E-state index in [0.717, 1.165) is 38.0 Å². The summed E-state index contributed by atoms with van der Waals surface area (Å²) >= 11 is 0. The molecule has 2 atom stereocenters. The topological polar surface area (TPSA) is 32.7 Å². The molecular weight excluding hydrogens is 346 g/mol. The lowest BCUT2D eigenvalue weighted by molar-refractivity contribution is 0.179. The Morgan fingerprint density at radius 1 is 1.00 bits per heavy atom. The molecule has 1 aliphatic rings. The van der Waals surface area contributed by atoms with E-state index in [9.17, 15) is 5.11 Å². The van der Waals surface area contributed by atoms with Crippen molar-refractivity contribution < 1.29 is 9.84 Å². The highest BCUT2D eigenvalue weighted by Gasteiger charge is 2.27. The van der Waals surface area contributed by atoms with E-state index in [-0.39, 0.29) is 6.10 Å². The van der Waals surface area contributed by atoms with E-state index < -0.39 is 0 Å². The van der Waals surface area contributed by atoms with Crippen molar-refractivity contribution in [3.8, 4) is 5.75 Å². The van der Waals surface area contributed by atoms with Crippen LogP contribution in [0.25, 0.3) is 5.57 Å². The first kappa shape index (κ1) is 20.6. The molecule has 2 aromatic rings. The molecule has 1 aliphatic carbocycles. The van der Waals surface area contributed by atoms with Gasteiger partial charge in [0.05, 0.1) is 6.10 Å². The van der Waals surface area contributed by atoms with Gasteiger partial charge in [-0.3, -0.25) is 0 Å². The molecule has 0 aromatic heterocycles. The van der Waals surface area contributed by atoms with Crippen molar-refractivity contribution in [2.24, 2.45) is 5.92 Å². The number of allylic oxidation sites excluding steroid dienone is 1. The van der Waals surface area contributed by atoms with Crippen molar-refractivity contribution in [2.45, 2.75) is 38.7 Å². The highest BCUT2D eigenvalue weighted by molar-refractivity contribution is 5.82. The Kier molecular flexibility index (Phi) is 7.30. The van der Waals surface area contributed by atoms with Crippen LogP contribution in [0.3, 0.4) is 0 Å². The first-order valence-electron chi connectivity index (χ1n) is 10.4. The Balaban J connectivity index is 1.92. The summed E-state index contributed by atoms with van der Waals surface area (Å²) in [4.78, 5) is 2.12. The molecule has 0 spiro atoms. The van der Waals surface area contributed by atoms with E-state index in [0.29, 0.717) is 12.5 Å². The van der Waals surface area contributed by atoms with Gasteiger partial charge in [-0.05, 0) is 74.5 Å². The van der Waals surface area contributed by atoms with E-state index in [1.54, 1.807) is 0 Å². The average Bonchev–Trinajstić information content (AvgIpc) is 3.13. The number of rotatable bonds is 8. The molecule has 0 heterocycles. The summed E-state index contributed by atoms with van der Waals surface area (Å²) in [5.74, 6) is 1.37. The van der Waals surface area contributed by atoms with Gasteiger partial charge in [0.2, 0.25) is 0 Å². The maximum absolute atomic E-state index is 10.1. The van der Waals surface area contributed by atoms with E-state index in [4.69, 9.17) is 4.74 Å². The van der Waals surface area contributed by atoms with Gasteiger partial charge in [0, 0.05) is 6.54 Å². The Morgan fingerprint density at radius 3 is 2.25 bits per heavy atom. The molecule has 3 heteroatoms. The second-order valence-electron chi connectivity index (χ2n) is 7.96. The third-order valence-electron chi connectivity index (χ3n) is 5.61. The summed E-state index contributed by atoms with van der Waals surface area (Å²) in [5.41, 5.74) is 5.26. The predicted molar refractivity (Wildman–Crippen MR) is 117 cm³/mol. The van der Waals surface area contributed by atoms with Crippen molar-refractivity contribution >= 4 is 5.57 Å². The number of hydrogen-bond donors (Lipinski definition) is 1. The summed E-state index contributed by atoms with van der Waals surface area (Å²) in [6, 6.07) is 19.2. The lowest BCUT2D eigenvalue weighted by atomic mass is 9.84. The van der Waals surface area contributed by atoms with Crippen LogP contribution in [0.2, 0.25) is 0 Å². The summed E-state index contributed by atoms with van der Waals surface area (Å²) in [6.45, 7) is 3.83. The highest BCUT2D eigenvalue weighted by atomic mass is 16.5. The standard InChI is InChI=1S/C25H33NO2/c1-4-24(21-10-13-22(27)18-21)25(19-8-6-5-7-9-19)20-11-14-23(15-12-20)28-17-16-26(2)3/h5-9,11-12,14-15,21-22,27H,4,10,13,16-18H2,1-3H3. The minimum absolute atomic E-state index is 0.156. The summed E-state index contributed by atoms with van der Waals surface area (Å²) < 4.78 is 5.87. The number of nitrogens with zero attached hydrogens (tertiary/aromatic N) is 1. The van der Waals surface area contributed by atoms with Crippen molar-refractivity contribution in [3.05, 3.63) is 71.3 Å². The smallest absolute Gasteiger partial charge is 0.119 e. The summed E-state index contributed by atoms with van der Waals surface area (Å²) in [7, 11) is 4.10. The van der Waals surface area contributed by atoms with E-state index >= 15 is 0 Å². The van der Waals surface area contributed by atoms with Crippen LogP contribution in [0.15, 0.2) is 60.2 Å². The molecule has 1 fully saturated rings. The summed E-state index contributed by atoms with van der Waals surface area (Å²) in [5, 5.41) is 10.1. The number of aliphatic hydroxyl groups is 1. The molecule has 0 radical (unpaired) electrons. The number of hydrogen-bond acceptors (Lipinski definition) is 3. The molecule has 0 saturated heterocycles. The number of benzene rings is 2. The quantitative estimate of drug-likeness (QED) is 0.700. The first-order chi connectivity index (χ1) is 13.6. The van der Waals surface area contributed by atoms with Gasteiger partial charge in [-0.2, -0.15) is 0 Å². The molecule has 0 amide bonds. The molecule has 0 bridgehead atoms. The number of likely N-dealkylation sites (N-methyl/N-ethyl adjacent to an activating group) is 1. The molecule has 2 unspecified atom stereocenters. The molecule has 0 aliphatic heterocycles. The van der Waals surface area contributed by atoms with Crippen molar-refractivity contribution in [1.82, 2.24) is 4.90 Å². The first-order valence-corrected chi connectivity index (χ1v) is 10.4. The second-order valence-corrected chi connectivity index (χ2v) is 7.96. The molecule has 150 valence electrons. The fourth-order valence-electron chi connectivity index (χ4n) is 4.15. The minimum Gasteiger partial charge on any atom is -0.492 e. The summed E-state index contributed by atoms with van der Waals surface area (Å²) in [6.07, 6.45) is 3.71. The van der Waals surface area contributed by atoms with Crippen LogP contribution in [-0.2, 0) is 0 Å². The lowest BCUT2D eigenvalue weighted by Gasteiger charge is -2.21. The maximum Gasteiger partial charge on any atom is 0.119 e. The maximum atomic E-state index is 10.1. The molecule has 28 heavy (non-hydrogen) atoms. The zero-order valence-corrected chi connectivity index (χ0v) is 17.4. The van der Waals surface area contributed by atoms with Gasteiger partial charge in [-0.1, -0.05) is 55.0 Å². The number of aliphatic hydroxyl groups excluding tert-OH is 1. The van der Waals surface area contributed by atoms with E-state index in [1.807, 2.05) is 0 Å². The van der Waals surface area contributed by atoms with Gasteiger partial charge in [0.15, 0.2) is 0 Å². The van der Waals surface area contributed by atoms with Crippen molar-refractivity contribution in [2.75, 3.05) is 27.2 Å². The molecule has 1 N–H and O–H groups in total. The van der Waals surface area contributed by atoms with Crippen LogP contribution in [0, 0.1) is 5.92 Å². The Morgan fingerprint density at radius 2 is 1.68 bits per heavy atom. The Hall–Kier alpha value is -2.10. The van der Waals surface area contributed by atoms with Crippen LogP contribution < -0.4 is 4.74 Å². The zero-order chi connectivity index (χ0) is 19.9. The molecule has 2 aromatic carbocycles. The predicted octanol–water partition coefficient (Wildman–Crippen LogP) is 5.00. The van der Waals surface area contributed by atoms with Gasteiger partial charge < -0.3 is 14.7 Å². The zero-order valence-electron chi connectivity index (χ0n) is 17.4. The lowest BCUT2D eigenvalue weighted by Crippen LogP contribution is -2.19.